The lowest BCUT2D eigenvalue weighted by Crippen LogP contribution is -2.41. The number of carbonyl (C=O) groups excluding carboxylic acids is 1. The third-order valence-corrected chi connectivity index (χ3v) is 4.72. The molecule has 1 aliphatic rings. The maximum absolute atomic E-state index is 12.8. The predicted octanol–water partition coefficient (Wildman–Crippen LogP) is 3.07. The highest BCUT2D eigenvalue weighted by atomic mass is 16.5. The first-order valence-corrected chi connectivity index (χ1v) is 9.51. The number of rotatable bonds is 6. The van der Waals surface area contributed by atoms with Gasteiger partial charge < -0.3 is 14.5 Å². The van der Waals surface area contributed by atoms with Gasteiger partial charge in [-0.3, -0.25) is 9.69 Å². The molecule has 1 N–H and O–H groups in total. The Bertz CT molecular complexity index is 903. The maximum Gasteiger partial charge on any atom is 0.289 e. The number of hydrogen-bond donors (Lipinski definition) is 1. The molecule has 0 aliphatic carbocycles. The number of nitrogens with zero attached hydrogens (tertiary/aromatic N) is 2. The lowest BCUT2D eigenvalue weighted by Gasteiger charge is -2.26. The van der Waals surface area contributed by atoms with Crippen molar-refractivity contribution >= 4 is 5.91 Å². The number of carbonyl (C=O) groups is 1. The quantitative estimate of drug-likeness (QED) is 0.715. The molecule has 1 aromatic heterocycles. The smallest absolute Gasteiger partial charge is 0.289 e. The standard InChI is InChI=1S/C22H23N3O3/c26-21(23-11-12-25-13-15-27-16-14-25)20-19(17-7-3-1-4-8-17)24-22(28-20)18-9-5-2-6-10-18/h1-10H,11-16H2,(H,23,26). The van der Waals surface area contributed by atoms with Crippen LogP contribution in [0.5, 0.6) is 0 Å². The summed E-state index contributed by atoms with van der Waals surface area (Å²) in [5.74, 6) is 0.437. The van der Waals surface area contributed by atoms with Crippen LogP contribution >= 0.6 is 0 Å². The minimum atomic E-state index is -0.248. The van der Waals surface area contributed by atoms with Crippen molar-refractivity contribution in [2.24, 2.45) is 0 Å². The van der Waals surface area contributed by atoms with Crippen LogP contribution in [-0.4, -0.2) is 55.2 Å². The first kappa shape index (κ1) is 18.4. The van der Waals surface area contributed by atoms with Crippen molar-refractivity contribution in [3.8, 4) is 22.7 Å². The van der Waals surface area contributed by atoms with Crippen molar-refractivity contribution < 1.29 is 13.9 Å². The molecule has 0 radical (unpaired) electrons. The van der Waals surface area contributed by atoms with Gasteiger partial charge in [-0.2, -0.15) is 0 Å². The summed E-state index contributed by atoms with van der Waals surface area (Å²) < 4.78 is 11.3. The molecule has 6 nitrogen and oxygen atoms in total. The van der Waals surface area contributed by atoms with Gasteiger partial charge in [-0.05, 0) is 12.1 Å². The van der Waals surface area contributed by atoms with Crippen molar-refractivity contribution in [2.75, 3.05) is 39.4 Å². The second kappa shape index (κ2) is 8.82. The molecule has 0 bridgehead atoms. The van der Waals surface area contributed by atoms with Gasteiger partial charge in [0, 0.05) is 37.3 Å². The van der Waals surface area contributed by atoms with E-state index in [4.69, 9.17) is 9.15 Å². The second-order valence-electron chi connectivity index (χ2n) is 6.64. The average molecular weight is 377 g/mol. The third kappa shape index (κ3) is 4.30. The lowest BCUT2D eigenvalue weighted by molar-refractivity contribution is 0.0382. The molecule has 6 heteroatoms. The molecule has 2 aromatic carbocycles. The van der Waals surface area contributed by atoms with Crippen LogP contribution in [0.1, 0.15) is 10.6 Å². The van der Waals surface area contributed by atoms with Crippen molar-refractivity contribution in [1.29, 1.82) is 0 Å². The summed E-state index contributed by atoms with van der Waals surface area (Å²) in [6, 6.07) is 19.2. The fourth-order valence-electron chi connectivity index (χ4n) is 3.20. The van der Waals surface area contributed by atoms with E-state index in [9.17, 15) is 4.79 Å². The van der Waals surface area contributed by atoms with Gasteiger partial charge in [0.1, 0.15) is 5.69 Å². The Morgan fingerprint density at radius 2 is 1.61 bits per heavy atom. The van der Waals surface area contributed by atoms with Crippen LogP contribution in [0, 0.1) is 0 Å². The SMILES string of the molecule is O=C(NCCN1CCOCC1)c1oc(-c2ccccc2)nc1-c1ccccc1. The van der Waals surface area contributed by atoms with E-state index in [2.05, 4.69) is 15.2 Å². The van der Waals surface area contributed by atoms with E-state index in [-0.39, 0.29) is 11.7 Å². The zero-order valence-corrected chi connectivity index (χ0v) is 15.6. The maximum atomic E-state index is 12.8. The molecule has 2 heterocycles. The summed E-state index contributed by atoms with van der Waals surface area (Å²) in [4.78, 5) is 19.7. The number of aromatic nitrogens is 1. The number of benzene rings is 2. The first-order chi connectivity index (χ1) is 13.8. The Hall–Kier alpha value is -2.96. The summed E-state index contributed by atoms with van der Waals surface area (Å²) in [6.45, 7) is 4.62. The van der Waals surface area contributed by atoms with Crippen molar-refractivity contribution in [1.82, 2.24) is 15.2 Å². The minimum Gasteiger partial charge on any atom is -0.430 e. The van der Waals surface area contributed by atoms with Gasteiger partial charge in [-0.25, -0.2) is 4.98 Å². The monoisotopic (exact) mass is 377 g/mol. The Morgan fingerprint density at radius 3 is 2.29 bits per heavy atom. The molecule has 0 atom stereocenters. The minimum absolute atomic E-state index is 0.243. The van der Waals surface area contributed by atoms with E-state index in [1.807, 2.05) is 60.7 Å². The molecule has 0 unspecified atom stereocenters. The van der Waals surface area contributed by atoms with Gasteiger partial charge in [-0.1, -0.05) is 48.5 Å². The van der Waals surface area contributed by atoms with E-state index in [0.717, 1.165) is 44.0 Å². The number of amides is 1. The largest absolute Gasteiger partial charge is 0.430 e. The van der Waals surface area contributed by atoms with Gasteiger partial charge in [0.2, 0.25) is 11.7 Å². The lowest BCUT2D eigenvalue weighted by atomic mass is 10.1. The summed E-state index contributed by atoms with van der Waals surface area (Å²) in [5.41, 5.74) is 2.25. The average Bonchev–Trinajstić information content (AvgIpc) is 3.21. The van der Waals surface area contributed by atoms with E-state index < -0.39 is 0 Å². The molecular formula is C22H23N3O3. The molecular weight excluding hydrogens is 354 g/mol. The molecule has 0 saturated carbocycles. The summed E-state index contributed by atoms with van der Waals surface area (Å²) in [7, 11) is 0. The second-order valence-corrected chi connectivity index (χ2v) is 6.64. The van der Waals surface area contributed by atoms with E-state index >= 15 is 0 Å². The molecule has 1 amide bonds. The van der Waals surface area contributed by atoms with Gasteiger partial charge >= 0.3 is 0 Å². The first-order valence-electron chi connectivity index (χ1n) is 9.51. The molecule has 3 aromatic rings. The summed E-state index contributed by atoms with van der Waals surface area (Å²) in [5, 5.41) is 2.97. The van der Waals surface area contributed by atoms with Crippen LogP contribution in [0.3, 0.4) is 0 Å². The van der Waals surface area contributed by atoms with Gasteiger partial charge in [0.05, 0.1) is 13.2 Å². The predicted molar refractivity (Wildman–Crippen MR) is 107 cm³/mol. The Labute approximate surface area is 164 Å². The Morgan fingerprint density at radius 1 is 0.964 bits per heavy atom. The van der Waals surface area contributed by atoms with Crippen LogP contribution in [-0.2, 0) is 4.74 Å². The van der Waals surface area contributed by atoms with Crippen LogP contribution in [0.4, 0.5) is 0 Å². The number of morpholine rings is 1. The molecule has 0 spiro atoms. The normalized spacial score (nSPS) is 14.7. The van der Waals surface area contributed by atoms with E-state index in [0.29, 0.717) is 18.1 Å². The molecule has 4 rings (SSSR count). The number of oxazole rings is 1. The Balaban J connectivity index is 1.54. The molecule has 1 aliphatic heterocycles. The van der Waals surface area contributed by atoms with Crippen LogP contribution in [0.15, 0.2) is 65.1 Å². The molecule has 1 saturated heterocycles. The molecule has 144 valence electrons. The van der Waals surface area contributed by atoms with Crippen LogP contribution in [0.25, 0.3) is 22.7 Å². The van der Waals surface area contributed by atoms with Gasteiger partial charge in [0.15, 0.2) is 0 Å². The third-order valence-electron chi connectivity index (χ3n) is 4.72. The Kier molecular flexibility index (Phi) is 5.80. The van der Waals surface area contributed by atoms with Crippen LogP contribution in [0.2, 0.25) is 0 Å². The van der Waals surface area contributed by atoms with Crippen molar-refractivity contribution in [3.05, 3.63) is 66.4 Å². The molecule has 28 heavy (non-hydrogen) atoms. The zero-order valence-electron chi connectivity index (χ0n) is 15.6. The van der Waals surface area contributed by atoms with Crippen molar-refractivity contribution in [2.45, 2.75) is 0 Å². The zero-order chi connectivity index (χ0) is 19.2. The highest BCUT2D eigenvalue weighted by Crippen LogP contribution is 2.28. The van der Waals surface area contributed by atoms with Crippen molar-refractivity contribution in [3.63, 3.8) is 0 Å². The highest BCUT2D eigenvalue weighted by molar-refractivity contribution is 5.97. The topological polar surface area (TPSA) is 67.6 Å². The number of hydrogen-bond acceptors (Lipinski definition) is 5. The molecule has 1 fully saturated rings. The fourth-order valence-corrected chi connectivity index (χ4v) is 3.20. The highest BCUT2D eigenvalue weighted by Gasteiger charge is 2.22. The summed E-state index contributed by atoms with van der Waals surface area (Å²) in [6.07, 6.45) is 0. The van der Waals surface area contributed by atoms with Gasteiger partial charge in [0.25, 0.3) is 5.91 Å². The number of ether oxygens (including phenoxy) is 1. The summed E-state index contributed by atoms with van der Waals surface area (Å²) >= 11 is 0. The van der Waals surface area contributed by atoms with E-state index in [1.165, 1.54) is 0 Å². The van der Waals surface area contributed by atoms with Crippen LogP contribution < -0.4 is 5.32 Å². The van der Waals surface area contributed by atoms with Gasteiger partial charge in [-0.15, -0.1) is 0 Å². The van der Waals surface area contributed by atoms with E-state index in [1.54, 1.807) is 0 Å². The fraction of sp³-hybridized carbons (Fsp3) is 0.273. The number of nitrogens with one attached hydrogen (secondary N) is 1.